The molecule has 0 bridgehead atoms. The molecule has 4 saturated carbocycles. The molecule has 1 saturated heterocycles. The van der Waals surface area contributed by atoms with Crippen molar-refractivity contribution >= 4 is 17.9 Å². The van der Waals surface area contributed by atoms with Gasteiger partial charge in [0.2, 0.25) is 0 Å². The Morgan fingerprint density at radius 3 is 2.24 bits per heavy atom. The Kier molecular flexibility index (Phi) is 7.72. The van der Waals surface area contributed by atoms with Crippen molar-refractivity contribution in [2.75, 3.05) is 13.2 Å². The molecule has 0 radical (unpaired) electrons. The number of ketones is 1. The fourth-order valence-corrected chi connectivity index (χ4v) is 12.2. The summed E-state index contributed by atoms with van der Waals surface area (Å²) in [6.07, 6.45) is 6.19. The maximum absolute atomic E-state index is 13.4. The molecular formula is C37H56O8. The van der Waals surface area contributed by atoms with E-state index in [1.54, 1.807) is 0 Å². The molecule has 0 aromatic rings. The summed E-state index contributed by atoms with van der Waals surface area (Å²) in [7, 11) is 0. The minimum Gasteiger partial charge on any atom is -0.481 e. The van der Waals surface area contributed by atoms with Gasteiger partial charge in [0.05, 0.1) is 12.0 Å². The number of carboxylic acid groups (broad SMARTS) is 1. The summed E-state index contributed by atoms with van der Waals surface area (Å²) in [6, 6.07) is 0. The Labute approximate surface area is 269 Å². The number of hydrogen-bond acceptors (Lipinski definition) is 7. The molecule has 0 aromatic heterocycles. The van der Waals surface area contributed by atoms with Gasteiger partial charge in [-0.15, -0.1) is 0 Å². The Bertz CT molecular complexity index is 1300. The molecule has 8 heteroatoms. The lowest BCUT2D eigenvalue weighted by Crippen LogP contribution is -2.66. The van der Waals surface area contributed by atoms with Crippen LogP contribution in [0, 0.1) is 50.7 Å². The number of hydrogen-bond donors (Lipinski definition) is 1. The minimum atomic E-state index is -1.02. The highest BCUT2D eigenvalue weighted by Gasteiger charge is 2.71. The molecule has 252 valence electrons. The number of carbonyl (C=O) groups excluding carboxylic acids is 2. The lowest BCUT2D eigenvalue weighted by molar-refractivity contribution is -0.230. The number of carbonyl (C=O) groups is 3. The molecule has 1 N–H and O–H groups in total. The smallest absolute Gasteiger partial charge is 0.481 e. The predicted molar refractivity (Wildman–Crippen MR) is 168 cm³/mol. The molecule has 5 fully saturated rings. The normalized spacial score (nSPS) is 44.9. The van der Waals surface area contributed by atoms with Gasteiger partial charge in [0, 0.05) is 11.8 Å². The van der Waals surface area contributed by atoms with Gasteiger partial charge in [-0.25, -0.2) is 4.79 Å². The predicted octanol–water partition coefficient (Wildman–Crippen LogP) is 7.73. The van der Waals surface area contributed by atoms with Crippen LogP contribution in [0.25, 0.3) is 0 Å². The molecule has 6 rings (SSSR count). The Balaban J connectivity index is 1.23. The molecule has 1 aliphatic heterocycles. The molecule has 1 heterocycles. The number of carboxylic acids is 1. The van der Waals surface area contributed by atoms with Crippen LogP contribution in [-0.2, 0) is 28.5 Å². The second-order valence-electron chi connectivity index (χ2n) is 17.6. The van der Waals surface area contributed by atoms with E-state index >= 15 is 0 Å². The van der Waals surface area contributed by atoms with E-state index < -0.39 is 23.3 Å². The summed E-state index contributed by atoms with van der Waals surface area (Å²) in [5.41, 5.74) is 0.566. The first-order valence-corrected chi connectivity index (χ1v) is 17.5. The van der Waals surface area contributed by atoms with Crippen LogP contribution < -0.4 is 0 Å². The van der Waals surface area contributed by atoms with Gasteiger partial charge in [-0.2, -0.15) is 0 Å². The monoisotopic (exact) mass is 628 g/mol. The number of Topliss-reactive ketones (excluding diaryl/α,β-unsaturated/α-hetero) is 1. The van der Waals surface area contributed by atoms with Crippen molar-refractivity contribution in [1.82, 2.24) is 0 Å². The summed E-state index contributed by atoms with van der Waals surface area (Å²) in [5.74, 6) is -0.420. The van der Waals surface area contributed by atoms with E-state index in [-0.39, 0.29) is 64.5 Å². The van der Waals surface area contributed by atoms with E-state index in [1.807, 2.05) is 13.8 Å². The lowest BCUT2D eigenvalue weighted by Gasteiger charge is -2.72. The Hall–Kier alpha value is -1.93. The zero-order chi connectivity index (χ0) is 33.0. The van der Waals surface area contributed by atoms with Crippen molar-refractivity contribution in [2.45, 2.75) is 138 Å². The zero-order valence-corrected chi connectivity index (χ0v) is 29.0. The van der Waals surface area contributed by atoms with Crippen LogP contribution in [0.15, 0.2) is 11.1 Å². The number of ether oxygens (including phenoxy) is 4. The van der Waals surface area contributed by atoms with Crippen LogP contribution in [0.5, 0.6) is 0 Å². The summed E-state index contributed by atoms with van der Waals surface area (Å²) in [6.45, 7) is 20.3. The second-order valence-corrected chi connectivity index (χ2v) is 17.6. The number of rotatable bonds is 5. The van der Waals surface area contributed by atoms with E-state index in [2.05, 4.69) is 48.5 Å². The van der Waals surface area contributed by atoms with Crippen LogP contribution in [0.2, 0.25) is 0 Å². The fourth-order valence-electron chi connectivity index (χ4n) is 12.2. The maximum atomic E-state index is 13.4. The molecule has 6 aliphatic rings. The molecule has 8 nitrogen and oxygen atoms in total. The molecule has 0 spiro atoms. The van der Waals surface area contributed by atoms with Crippen LogP contribution in [-0.4, -0.2) is 54.2 Å². The number of allylic oxidation sites excluding steroid dienone is 1. The molecule has 5 aliphatic carbocycles. The van der Waals surface area contributed by atoms with Gasteiger partial charge < -0.3 is 24.1 Å². The third-order valence-electron chi connectivity index (χ3n) is 14.5. The van der Waals surface area contributed by atoms with Crippen LogP contribution in [0.3, 0.4) is 0 Å². The fraction of sp³-hybridized carbons (Fsp3) is 0.865. The molecule has 0 amide bonds. The molecular weight excluding hydrogens is 572 g/mol. The quantitative estimate of drug-likeness (QED) is 0.308. The van der Waals surface area contributed by atoms with Gasteiger partial charge in [-0.05, 0) is 116 Å². The van der Waals surface area contributed by atoms with Gasteiger partial charge in [0.15, 0.2) is 11.6 Å². The third-order valence-corrected chi connectivity index (χ3v) is 14.5. The van der Waals surface area contributed by atoms with Gasteiger partial charge in [-0.1, -0.05) is 48.5 Å². The first-order chi connectivity index (χ1) is 20.8. The molecule has 9 atom stereocenters. The first-order valence-electron chi connectivity index (χ1n) is 17.5. The standard InChI is InChI=1S/C37H56O8/c1-21(2)28-24(38)18-37(30(39)40)17-16-35(8)23(29(28)37)10-11-26-34(7)14-13-27(32(3,4)25(34)12-15-36(26,35)9)44-31(41)42-19-22-20-43-33(5,6)45-22/h21-23,25-27H,10-20H2,1-9H3,(H,39,40)/t22?,23?,25?,26?,27?,34?,35?,36?,37-/m1/s1. The minimum absolute atomic E-state index is 0.0202. The molecule has 0 aromatic carbocycles. The Morgan fingerprint density at radius 2 is 1.62 bits per heavy atom. The largest absolute Gasteiger partial charge is 0.508 e. The highest BCUT2D eigenvalue weighted by molar-refractivity contribution is 6.05. The van der Waals surface area contributed by atoms with E-state index in [1.165, 1.54) is 0 Å². The average Bonchev–Trinajstić information content (AvgIpc) is 3.45. The van der Waals surface area contributed by atoms with Crippen LogP contribution in [0.1, 0.15) is 120 Å². The lowest BCUT2D eigenvalue weighted by atomic mass is 9.33. The van der Waals surface area contributed by atoms with Crippen molar-refractivity contribution in [3.05, 3.63) is 11.1 Å². The summed E-state index contributed by atoms with van der Waals surface area (Å²) in [5, 5.41) is 10.6. The van der Waals surface area contributed by atoms with Crippen LogP contribution in [0.4, 0.5) is 4.79 Å². The first kappa shape index (κ1) is 33.0. The number of aliphatic carboxylic acids is 1. The zero-order valence-electron chi connectivity index (χ0n) is 29.0. The van der Waals surface area contributed by atoms with Crippen molar-refractivity contribution in [3.63, 3.8) is 0 Å². The summed E-state index contributed by atoms with van der Waals surface area (Å²) >= 11 is 0. The van der Waals surface area contributed by atoms with E-state index in [9.17, 15) is 19.5 Å². The highest BCUT2D eigenvalue weighted by atomic mass is 16.8. The summed E-state index contributed by atoms with van der Waals surface area (Å²) < 4.78 is 22.9. The van der Waals surface area contributed by atoms with E-state index in [4.69, 9.17) is 18.9 Å². The van der Waals surface area contributed by atoms with E-state index in [0.717, 1.165) is 56.1 Å². The molecule has 45 heavy (non-hydrogen) atoms. The van der Waals surface area contributed by atoms with E-state index in [0.29, 0.717) is 24.9 Å². The molecule has 8 unspecified atom stereocenters. The van der Waals surface area contributed by atoms with Crippen molar-refractivity contribution in [3.8, 4) is 0 Å². The number of fused-ring (bicyclic) bond motifs is 7. The van der Waals surface area contributed by atoms with Gasteiger partial charge in [0.25, 0.3) is 0 Å². The van der Waals surface area contributed by atoms with Crippen molar-refractivity contribution in [2.24, 2.45) is 50.7 Å². The third kappa shape index (κ3) is 4.69. The van der Waals surface area contributed by atoms with Gasteiger partial charge >= 0.3 is 12.1 Å². The highest BCUT2D eigenvalue weighted by Crippen LogP contribution is 2.76. The maximum Gasteiger partial charge on any atom is 0.508 e. The SMILES string of the molecule is CC(C)C1=C2C3CCC4C5(C)CCC(OC(=O)OCC6COC(C)(C)O6)C(C)(C)C5CCC4(C)C3(C)CC[C@@]2(C(=O)O)CC1=O. The average molecular weight is 629 g/mol. The second kappa shape index (κ2) is 10.5. The van der Waals surface area contributed by atoms with Crippen molar-refractivity contribution in [1.29, 1.82) is 0 Å². The van der Waals surface area contributed by atoms with Crippen molar-refractivity contribution < 1.29 is 38.4 Å². The van der Waals surface area contributed by atoms with Gasteiger partial charge in [-0.3, -0.25) is 9.59 Å². The van der Waals surface area contributed by atoms with Gasteiger partial charge in [0.1, 0.15) is 18.8 Å². The topological polar surface area (TPSA) is 108 Å². The van der Waals surface area contributed by atoms with Crippen LogP contribution >= 0.6 is 0 Å². The summed E-state index contributed by atoms with van der Waals surface area (Å²) in [4.78, 5) is 39.2. The Morgan fingerprint density at radius 1 is 0.911 bits per heavy atom.